The Morgan fingerprint density at radius 2 is 2.19 bits per heavy atom. The van der Waals surface area contributed by atoms with Crippen molar-refractivity contribution >= 4 is 0 Å². The van der Waals surface area contributed by atoms with Crippen molar-refractivity contribution in [1.82, 2.24) is 10.2 Å². The van der Waals surface area contributed by atoms with Crippen LogP contribution in [0.15, 0.2) is 16.5 Å². The predicted molar refractivity (Wildman–Crippen MR) is 65.9 cm³/mol. The van der Waals surface area contributed by atoms with E-state index in [1.54, 1.807) is 0 Å². The first-order chi connectivity index (χ1) is 7.80. The summed E-state index contributed by atoms with van der Waals surface area (Å²) in [6, 6.07) is 4.03. The molecule has 0 atom stereocenters. The van der Waals surface area contributed by atoms with Crippen LogP contribution in [0.5, 0.6) is 0 Å². The highest BCUT2D eigenvalue weighted by Crippen LogP contribution is 2.10. The van der Waals surface area contributed by atoms with Crippen LogP contribution in [0.1, 0.15) is 24.9 Å². The SMILES string of the molecule is C#CCN(CCC)Cc1ccc(CNC)o1. The Morgan fingerprint density at radius 3 is 2.81 bits per heavy atom. The first-order valence-corrected chi connectivity index (χ1v) is 5.68. The van der Waals surface area contributed by atoms with Crippen molar-refractivity contribution in [1.29, 1.82) is 0 Å². The van der Waals surface area contributed by atoms with Gasteiger partial charge in [0.15, 0.2) is 0 Å². The summed E-state index contributed by atoms with van der Waals surface area (Å²) in [6.07, 6.45) is 6.44. The molecule has 0 aliphatic rings. The Labute approximate surface area is 97.8 Å². The number of hydrogen-bond donors (Lipinski definition) is 1. The number of nitrogens with zero attached hydrogens (tertiary/aromatic N) is 1. The van der Waals surface area contributed by atoms with Crippen LogP contribution in [0.3, 0.4) is 0 Å². The molecule has 0 aromatic carbocycles. The summed E-state index contributed by atoms with van der Waals surface area (Å²) in [5.74, 6) is 4.62. The summed E-state index contributed by atoms with van der Waals surface area (Å²) in [6.45, 7) is 5.39. The van der Waals surface area contributed by atoms with E-state index in [0.29, 0.717) is 6.54 Å². The third-order valence-electron chi connectivity index (χ3n) is 2.30. The molecule has 0 aliphatic carbocycles. The molecular formula is C13H20N2O. The van der Waals surface area contributed by atoms with E-state index in [2.05, 4.69) is 23.1 Å². The molecule has 0 fully saturated rings. The molecule has 0 saturated heterocycles. The van der Waals surface area contributed by atoms with E-state index in [4.69, 9.17) is 10.8 Å². The Bertz CT molecular complexity index is 338. The lowest BCUT2D eigenvalue weighted by molar-refractivity contribution is 0.268. The number of terminal acetylenes is 1. The molecule has 88 valence electrons. The van der Waals surface area contributed by atoms with Gasteiger partial charge >= 0.3 is 0 Å². The van der Waals surface area contributed by atoms with Crippen molar-refractivity contribution in [3.63, 3.8) is 0 Å². The summed E-state index contributed by atoms with van der Waals surface area (Å²) < 4.78 is 5.67. The lowest BCUT2D eigenvalue weighted by atomic mass is 10.3. The minimum atomic E-state index is 0.676. The van der Waals surface area contributed by atoms with Gasteiger partial charge in [0.1, 0.15) is 11.5 Å². The molecule has 0 bridgehead atoms. The van der Waals surface area contributed by atoms with Crippen LogP contribution in [0, 0.1) is 12.3 Å². The average Bonchev–Trinajstić information content (AvgIpc) is 2.67. The van der Waals surface area contributed by atoms with E-state index in [9.17, 15) is 0 Å². The van der Waals surface area contributed by atoms with Gasteiger partial charge in [0.25, 0.3) is 0 Å². The molecule has 0 amide bonds. The molecule has 1 rings (SSSR count). The largest absolute Gasteiger partial charge is 0.463 e. The molecule has 0 radical (unpaired) electrons. The van der Waals surface area contributed by atoms with E-state index in [1.807, 2.05) is 19.2 Å². The zero-order valence-corrected chi connectivity index (χ0v) is 10.1. The highest BCUT2D eigenvalue weighted by atomic mass is 16.3. The predicted octanol–water partition coefficient (Wildman–Crippen LogP) is 1.84. The molecule has 0 unspecified atom stereocenters. The Morgan fingerprint density at radius 1 is 1.44 bits per heavy atom. The second-order valence-corrected chi connectivity index (χ2v) is 3.81. The topological polar surface area (TPSA) is 28.4 Å². The van der Waals surface area contributed by atoms with E-state index < -0.39 is 0 Å². The van der Waals surface area contributed by atoms with Crippen LogP contribution in [-0.4, -0.2) is 25.0 Å². The maximum Gasteiger partial charge on any atom is 0.118 e. The van der Waals surface area contributed by atoms with Gasteiger partial charge in [0.05, 0.1) is 19.6 Å². The van der Waals surface area contributed by atoms with Gasteiger partial charge in [-0.15, -0.1) is 6.42 Å². The van der Waals surface area contributed by atoms with Gasteiger partial charge in [0.2, 0.25) is 0 Å². The van der Waals surface area contributed by atoms with Crippen LogP contribution < -0.4 is 5.32 Å². The van der Waals surface area contributed by atoms with Crippen molar-refractivity contribution in [2.75, 3.05) is 20.1 Å². The fourth-order valence-electron chi connectivity index (χ4n) is 1.66. The molecule has 1 N–H and O–H groups in total. The molecule has 0 saturated carbocycles. The Hall–Kier alpha value is -1.24. The highest BCUT2D eigenvalue weighted by Gasteiger charge is 2.07. The molecule has 3 nitrogen and oxygen atoms in total. The molecule has 1 aromatic heterocycles. The first-order valence-electron chi connectivity index (χ1n) is 5.68. The zero-order valence-electron chi connectivity index (χ0n) is 10.1. The number of nitrogens with one attached hydrogen (secondary N) is 1. The maximum absolute atomic E-state index is 5.67. The van der Waals surface area contributed by atoms with Crippen molar-refractivity contribution in [3.05, 3.63) is 23.7 Å². The smallest absolute Gasteiger partial charge is 0.118 e. The van der Waals surface area contributed by atoms with Crippen LogP contribution >= 0.6 is 0 Å². The van der Waals surface area contributed by atoms with Crippen LogP contribution in [0.4, 0.5) is 0 Å². The third-order valence-corrected chi connectivity index (χ3v) is 2.30. The maximum atomic E-state index is 5.67. The van der Waals surface area contributed by atoms with Crippen LogP contribution in [-0.2, 0) is 13.1 Å². The molecule has 0 aliphatic heterocycles. The molecule has 16 heavy (non-hydrogen) atoms. The van der Waals surface area contributed by atoms with Crippen LogP contribution in [0.25, 0.3) is 0 Å². The first kappa shape index (κ1) is 12.8. The molecular weight excluding hydrogens is 200 g/mol. The quantitative estimate of drug-likeness (QED) is 0.711. The third kappa shape index (κ3) is 4.09. The van der Waals surface area contributed by atoms with Gasteiger partial charge in [-0.25, -0.2) is 0 Å². The Balaban J connectivity index is 2.52. The monoisotopic (exact) mass is 220 g/mol. The van der Waals surface area contributed by atoms with Crippen molar-refractivity contribution in [2.45, 2.75) is 26.4 Å². The second-order valence-electron chi connectivity index (χ2n) is 3.81. The van der Waals surface area contributed by atoms with E-state index in [-0.39, 0.29) is 0 Å². The van der Waals surface area contributed by atoms with Gasteiger partial charge in [0, 0.05) is 0 Å². The number of hydrogen-bond acceptors (Lipinski definition) is 3. The fourth-order valence-corrected chi connectivity index (χ4v) is 1.66. The lowest BCUT2D eigenvalue weighted by Gasteiger charge is -2.16. The fraction of sp³-hybridized carbons (Fsp3) is 0.538. The van der Waals surface area contributed by atoms with Crippen molar-refractivity contribution < 1.29 is 4.42 Å². The molecule has 1 heterocycles. The number of furan rings is 1. The van der Waals surface area contributed by atoms with Crippen LogP contribution in [0.2, 0.25) is 0 Å². The van der Waals surface area contributed by atoms with Gasteiger partial charge < -0.3 is 9.73 Å². The lowest BCUT2D eigenvalue weighted by Crippen LogP contribution is -2.24. The van der Waals surface area contributed by atoms with Gasteiger partial charge in [-0.1, -0.05) is 12.8 Å². The molecule has 1 aromatic rings. The summed E-state index contributed by atoms with van der Waals surface area (Å²) in [5.41, 5.74) is 0. The highest BCUT2D eigenvalue weighted by molar-refractivity contribution is 5.07. The minimum absolute atomic E-state index is 0.676. The summed E-state index contributed by atoms with van der Waals surface area (Å²) in [7, 11) is 1.91. The van der Waals surface area contributed by atoms with E-state index in [0.717, 1.165) is 37.6 Å². The normalized spacial score (nSPS) is 10.6. The number of rotatable bonds is 7. The summed E-state index contributed by atoms with van der Waals surface area (Å²) >= 11 is 0. The van der Waals surface area contributed by atoms with E-state index in [1.165, 1.54) is 0 Å². The van der Waals surface area contributed by atoms with Gasteiger partial charge in [-0.2, -0.15) is 0 Å². The molecule has 3 heteroatoms. The standard InChI is InChI=1S/C13H20N2O/c1-4-8-15(9-5-2)11-13-7-6-12(16-13)10-14-3/h1,6-7,14H,5,8-11H2,2-3H3. The average molecular weight is 220 g/mol. The molecule has 0 spiro atoms. The van der Waals surface area contributed by atoms with Crippen molar-refractivity contribution in [2.24, 2.45) is 0 Å². The summed E-state index contributed by atoms with van der Waals surface area (Å²) in [5, 5.41) is 3.06. The minimum Gasteiger partial charge on any atom is -0.463 e. The second kappa shape index (κ2) is 7.10. The Kier molecular flexibility index (Phi) is 5.69. The van der Waals surface area contributed by atoms with Gasteiger partial charge in [-0.3, -0.25) is 4.90 Å². The van der Waals surface area contributed by atoms with E-state index >= 15 is 0 Å². The van der Waals surface area contributed by atoms with Crippen molar-refractivity contribution in [3.8, 4) is 12.3 Å². The van der Waals surface area contributed by atoms with Gasteiger partial charge in [-0.05, 0) is 32.1 Å². The summed E-state index contributed by atoms with van der Waals surface area (Å²) in [4.78, 5) is 2.21. The zero-order chi connectivity index (χ0) is 11.8.